The van der Waals surface area contributed by atoms with Gasteiger partial charge in [-0.25, -0.2) is 0 Å². The monoisotopic (exact) mass is 529 g/mol. The number of nitrogens with zero attached hydrogens (tertiary/aromatic N) is 1. The molecule has 0 saturated heterocycles. The predicted molar refractivity (Wildman–Crippen MR) is 178 cm³/mol. The number of allylic oxidation sites excluding steroid dienone is 1. The Morgan fingerprint density at radius 2 is 1.17 bits per heavy atom. The van der Waals surface area contributed by atoms with Crippen molar-refractivity contribution in [3.05, 3.63) is 143 Å². The van der Waals surface area contributed by atoms with Gasteiger partial charge in [-0.1, -0.05) is 78.9 Å². The smallest absolute Gasteiger partial charge is 0.0546 e. The zero-order chi connectivity index (χ0) is 28.1. The fourth-order valence-corrected chi connectivity index (χ4v) is 6.86. The van der Waals surface area contributed by atoms with Gasteiger partial charge in [0.25, 0.3) is 0 Å². The van der Waals surface area contributed by atoms with Gasteiger partial charge in [-0.15, -0.1) is 0 Å². The van der Waals surface area contributed by atoms with Crippen LogP contribution in [0.4, 0.5) is 17.1 Å². The Balaban J connectivity index is 1.61. The topological polar surface area (TPSA) is 3.24 Å². The van der Waals surface area contributed by atoms with Crippen molar-refractivity contribution in [3.8, 4) is 11.1 Å². The number of fused-ring (bicyclic) bond motifs is 5. The summed E-state index contributed by atoms with van der Waals surface area (Å²) in [6.07, 6.45) is 6.86. The zero-order valence-electron chi connectivity index (χ0n) is 24.3. The minimum atomic E-state index is 1.07. The van der Waals surface area contributed by atoms with E-state index in [0.717, 1.165) is 12.8 Å². The Bertz CT molecular complexity index is 1890. The molecule has 0 fully saturated rings. The Hall–Kier alpha value is -4.62. The van der Waals surface area contributed by atoms with Crippen LogP contribution in [-0.4, -0.2) is 0 Å². The van der Waals surface area contributed by atoms with Crippen molar-refractivity contribution >= 4 is 44.7 Å². The van der Waals surface area contributed by atoms with Gasteiger partial charge in [-0.3, -0.25) is 0 Å². The van der Waals surface area contributed by atoms with E-state index in [1.165, 1.54) is 83.1 Å². The summed E-state index contributed by atoms with van der Waals surface area (Å²) in [5.41, 5.74) is 14.1. The van der Waals surface area contributed by atoms with Gasteiger partial charge in [0.1, 0.15) is 0 Å². The van der Waals surface area contributed by atoms with Crippen LogP contribution >= 0.6 is 0 Å². The largest absolute Gasteiger partial charge is 0.310 e. The molecule has 0 heterocycles. The minimum Gasteiger partial charge on any atom is -0.310 e. The molecule has 6 aromatic carbocycles. The standard InChI is InChI=1S/C40H35N/c1-26-18-27(2)21-32(20-26)41(33-22-28(3)19-29(4)23-33)39-25-31-24-38(30-12-6-5-7-13-30)34-14-8-10-16-36(34)40(31)37-17-11-9-15-35(37)39/h5-7,9-13,15-25H,8,14H2,1-4H3. The van der Waals surface area contributed by atoms with Gasteiger partial charge < -0.3 is 4.90 Å². The third-order valence-electron chi connectivity index (χ3n) is 8.37. The molecule has 6 aromatic rings. The fourth-order valence-electron chi connectivity index (χ4n) is 6.86. The van der Waals surface area contributed by atoms with E-state index in [9.17, 15) is 0 Å². The molecule has 0 amide bonds. The van der Waals surface area contributed by atoms with Crippen molar-refractivity contribution in [3.63, 3.8) is 0 Å². The zero-order valence-corrected chi connectivity index (χ0v) is 24.3. The van der Waals surface area contributed by atoms with Crippen LogP contribution in [0.2, 0.25) is 0 Å². The van der Waals surface area contributed by atoms with Gasteiger partial charge in [0.15, 0.2) is 0 Å². The molecule has 41 heavy (non-hydrogen) atoms. The van der Waals surface area contributed by atoms with E-state index in [4.69, 9.17) is 0 Å². The van der Waals surface area contributed by atoms with Crippen molar-refractivity contribution in [2.24, 2.45) is 0 Å². The van der Waals surface area contributed by atoms with Gasteiger partial charge in [0.05, 0.1) is 5.69 Å². The first-order valence-corrected chi connectivity index (χ1v) is 14.7. The van der Waals surface area contributed by atoms with Crippen LogP contribution in [0.25, 0.3) is 38.7 Å². The molecule has 200 valence electrons. The number of aryl methyl sites for hydroxylation is 4. The molecule has 1 heteroatoms. The van der Waals surface area contributed by atoms with Crippen LogP contribution in [0.15, 0.2) is 109 Å². The molecule has 0 aromatic heterocycles. The molecule has 0 N–H and O–H groups in total. The summed E-state index contributed by atoms with van der Waals surface area (Å²) in [5, 5.41) is 5.21. The Morgan fingerprint density at radius 3 is 1.80 bits per heavy atom. The molecule has 0 unspecified atom stereocenters. The molecule has 1 aliphatic carbocycles. The van der Waals surface area contributed by atoms with Crippen molar-refractivity contribution in [1.29, 1.82) is 0 Å². The maximum absolute atomic E-state index is 2.47. The van der Waals surface area contributed by atoms with E-state index in [0.29, 0.717) is 0 Å². The van der Waals surface area contributed by atoms with Crippen molar-refractivity contribution < 1.29 is 0 Å². The Labute approximate surface area is 243 Å². The summed E-state index contributed by atoms with van der Waals surface area (Å²) in [6, 6.07) is 38.5. The fraction of sp³-hybridized carbons (Fsp3) is 0.150. The third kappa shape index (κ3) is 4.52. The highest BCUT2D eigenvalue weighted by molar-refractivity contribution is 6.18. The van der Waals surface area contributed by atoms with Crippen LogP contribution in [0.5, 0.6) is 0 Å². The van der Waals surface area contributed by atoms with Gasteiger partial charge in [-0.2, -0.15) is 0 Å². The maximum atomic E-state index is 2.47. The van der Waals surface area contributed by atoms with E-state index in [1.54, 1.807) is 0 Å². The molecule has 0 atom stereocenters. The quantitative estimate of drug-likeness (QED) is 0.205. The van der Waals surface area contributed by atoms with E-state index in [1.807, 2.05) is 0 Å². The number of rotatable bonds is 4. The molecule has 7 rings (SSSR count). The highest BCUT2D eigenvalue weighted by atomic mass is 15.1. The van der Waals surface area contributed by atoms with Crippen molar-refractivity contribution in [2.75, 3.05) is 4.90 Å². The summed E-state index contributed by atoms with van der Waals surface area (Å²) >= 11 is 0. The molecular weight excluding hydrogens is 494 g/mol. The van der Waals surface area contributed by atoms with Crippen molar-refractivity contribution in [1.82, 2.24) is 0 Å². The first-order valence-electron chi connectivity index (χ1n) is 14.7. The molecule has 0 spiro atoms. The van der Waals surface area contributed by atoms with Gasteiger partial charge in [-0.05, 0) is 138 Å². The molecular formula is C40H35N. The highest BCUT2D eigenvalue weighted by Gasteiger charge is 2.22. The van der Waals surface area contributed by atoms with Crippen LogP contribution in [0.1, 0.15) is 39.8 Å². The number of benzene rings is 6. The average Bonchev–Trinajstić information content (AvgIpc) is 2.96. The molecule has 0 bridgehead atoms. The van der Waals surface area contributed by atoms with Crippen LogP contribution in [-0.2, 0) is 6.42 Å². The molecule has 0 aliphatic heterocycles. The van der Waals surface area contributed by atoms with Gasteiger partial charge in [0, 0.05) is 16.8 Å². The van der Waals surface area contributed by atoms with E-state index in [-0.39, 0.29) is 0 Å². The number of anilines is 3. The lowest BCUT2D eigenvalue weighted by Gasteiger charge is -2.29. The van der Waals surface area contributed by atoms with E-state index in [2.05, 4.69) is 148 Å². The maximum Gasteiger partial charge on any atom is 0.0546 e. The van der Waals surface area contributed by atoms with Crippen molar-refractivity contribution in [2.45, 2.75) is 40.5 Å². The van der Waals surface area contributed by atoms with Crippen LogP contribution in [0, 0.1) is 27.7 Å². The summed E-state index contributed by atoms with van der Waals surface area (Å²) < 4.78 is 0. The lowest BCUT2D eigenvalue weighted by Crippen LogP contribution is -2.12. The first kappa shape index (κ1) is 25.4. The van der Waals surface area contributed by atoms with Crippen LogP contribution in [0.3, 0.4) is 0 Å². The number of hydrogen-bond acceptors (Lipinski definition) is 1. The second-order valence-electron chi connectivity index (χ2n) is 11.7. The molecule has 0 saturated carbocycles. The second-order valence-corrected chi connectivity index (χ2v) is 11.7. The normalized spacial score (nSPS) is 12.6. The first-order chi connectivity index (χ1) is 20.0. The Morgan fingerprint density at radius 1 is 0.585 bits per heavy atom. The Kier molecular flexibility index (Phi) is 6.24. The van der Waals surface area contributed by atoms with Crippen LogP contribution < -0.4 is 4.90 Å². The summed E-state index contributed by atoms with van der Waals surface area (Å²) in [5.74, 6) is 0. The second kappa shape index (κ2) is 10.1. The summed E-state index contributed by atoms with van der Waals surface area (Å²) in [7, 11) is 0. The van der Waals surface area contributed by atoms with E-state index < -0.39 is 0 Å². The molecule has 1 nitrogen and oxygen atoms in total. The average molecular weight is 530 g/mol. The SMILES string of the molecule is Cc1cc(C)cc(N(c2cc(C)cc(C)c2)c2cc3cc(-c4ccccc4)c4c(c3c3ccccc23)C=CCC4)c1. The lowest BCUT2D eigenvalue weighted by atomic mass is 9.83. The summed E-state index contributed by atoms with van der Waals surface area (Å²) in [4.78, 5) is 2.47. The molecule has 1 aliphatic rings. The highest BCUT2D eigenvalue weighted by Crippen LogP contribution is 2.46. The lowest BCUT2D eigenvalue weighted by molar-refractivity contribution is 0.992. The van der Waals surface area contributed by atoms with Gasteiger partial charge >= 0.3 is 0 Å². The van der Waals surface area contributed by atoms with E-state index >= 15 is 0 Å². The molecule has 0 radical (unpaired) electrons. The minimum absolute atomic E-state index is 1.07. The van der Waals surface area contributed by atoms with Gasteiger partial charge in [0.2, 0.25) is 0 Å². The number of hydrogen-bond donors (Lipinski definition) is 0. The third-order valence-corrected chi connectivity index (χ3v) is 8.37. The predicted octanol–water partition coefficient (Wildman–Crippen LogP) is 11.3. The summed E-state index contributed by atoms with van der Waals surface area (Å²) in [6.45, 7) is 8.78.